The molecule has 0 fully saturated rings. The normalized spacial score (nSPS) is 14.0. The Kier molecular flexibility index (Phi) is 5.56. The number of aromatic nitrogens is 1. The first-order valence-corrected chi connectivity index (χ1v) is 8.27. The molecule has 2 aromatic rings. The average Bonchev–Trinajstić information content (AvgIpc) is 2.95. The van der Waals surface area contributed by atoms with E-state index >= 15 is 0 Å². The van der Waals surface area contributed by atoms with E-state index in [1.807, 2.05) is 31.3 Å². The van der Waals surface area contributed by atoms with Crippen molar-refractivity contribution >= 4 is 28.9 Å². The number of hydrogen-bond acceptors (Lipinski definition) is 4. The zero-order valence-corrected chi connectivity index (χ0v) is 14.4. The Balaban J connectivity index is 2.02. The number of aromatic carboxylic acids is 1. The molecule has 2 rings (SSSR count). The van der Waals surface area contributed by atoms with Crippen molar-refractivity contribution in [1.29, 1.82) is 0 Å². The van der Waals surface area contributed by atoms with E-state index in [4.69, 9.17) is 16.7 Å². The highest BCUT2D eigenvalue weighted by atomic mass is 35.5. The van der Waals surface area contributed by atoms with Crippen LogP contribution in [0.5, 0.6) is 0 Å². The summed E-state index contributed by atoms with van der Waals surface area (Å²) < 4.78 is 0. The smallest absolute Gasteiger partial charge is 0.355 e. The van der Waals surface area contributed by atoms with Crippen LogP contribution in [0.25, 0.3) is 0 Å². The molecule has 2 unspecified atom stereocenters. The molecular weight excluding hydrogens is 320 g/mol. The van der Waals surface area contributed by atoms with Crippen LogP contribution < -0.4 is 0 Å². The Morgan fingerprint density at radius 1 is 1.36 bits per heavy atom. The highest BCUT2D eigenvalue weighted by molar-refractivity contribution is 7.09. The van der Waals surface area contributed by atoms with Crippen molar-refractivity contribution in [2.45, 2.75) is 32.4 Å². The van der Waals surface area contributed by atoms with Gasteiger partial charge >= 0.3 is 5.97 Å². The lowest BCUT2D eigenvalue weighted by Gasteiger charge is -2.29. The van der Waals surface area contributed by atoms with Gasteiger partial charge in [-0.05, 0) is 37.6 Å². The number of rotatable bonds is 6. The van der Waals surface area contributed by atoms with Crippen molar-refractivity contribution in [2.24, 2.45) is 0 Å². The number of likely N-dealkylation sites (N-methyl/N-ethyl adjacent to an activating group) is 1. The molecule has 1 aromatic carbocycles. The monoisotopic (exact) mass is 338 g/mol. The fourth-order valence-electron chi connectivity index (χ4n) is 2.27. The molecule has 0 saturated carbocycles. The van der Waals surface area contributed by atoms with Gasteiger partial charge in [-0.2, -0.15) is 0 Å². The summed E-state index contributed by atoms with van der Waals surface area (Å²) in [6.07, 6.45) is 0. The van der Waals surface area contributed by atoms with Crippen molar-refractivity contribution in [1.82, 2.24) is 9.88 Å². The van der Waals surface area contributed by atoms with E-state index in [2.05, 4.69) is 23.7 Å². The van der Waals surface area contributed by atoms with Crippen molar-refractivity contribution < 1.29 is 9.90 Å². The lowest BCUT2D eigenvalue weighted by molar-refractivity contribution is 0.0691. The van der Waals surface area contributed by atoms with Gasteiger partial charge in [-0.3, -0.25) is 4.90 Å². The fourth-order valence-corrected chi connectivity index (χ4v) is 3.22. The highest BCUT2D eigenvalue weighted by Gasteiger charge is 2.20. The van der Waals surface area contributed by atoms with Crippen LogP contribution in [-0.2, 0) is 6.54 Å². The molecule has 0 aliphatic heterocycles. The lowest BCUT2D eigenvalue weighted by Crippen LogP contribution is -2.32. The van der Waals surface area contributed by atoms with Gasteiger partial charge in [0, 0.05) is 16.4 Å². The molecule has 118 valence electrons. The number of thiazole rings is 1. The highest BCUT2D eigenvalue weighted by Crippen LogP contribution is 2.25. The number of halogens is 1. The second-order valence-electron chi connectivity index (χ2n) is 5.43. The third-order valence-corrected chi connectivity index (χ3v) is 5.06. The average molecular weight is 339 g/mol. The van der Waals surface area contributed by atoms with Gasteiger partial charge in [-0.15, -0.1) is 11.3 Å². The van der Waals surface area contributed by atoms with Crippen molar-refractivity contribution in [2.75, 3.05) is 7.05 Å². The minimum Gasteiger partial charge on any atom is -0.476 e. The van der Waals surface area contributed by atoms with Gasteiger partial charge in [0.2, 0.25) is 0 Å². The Hall–Kier alpha value is -1.43. The van der Waals surface area contributed by atoms with Crippen LogP contribution in [0.15, 0.2) is 29.6 Å². The van der Waals surface area contributed by atoms with Crippen LogP contribution in [0.2, 0.25) is 5.02 Å². The third-order valence-electron chi connectivity index (χ3n) is 3.97. The SMILES string of the molecule is CC(c1ccc(Cl)cc1)C(C)N(C)Cc1nc(C(=O)O)cs1. The summed E-state index contributed by atoms with van der Waals surface area (Å²) in [6.45, 7) is 4.97. The zero-order valence-electron chi connectivity index (χ0n) is 12.8. The molecule has 22 heavy (non-hydrogen) atoms. The molecule has 0 amide bonds. The second kappa shape index (κ2) is 7.22. The molecule has 0 radical (unpaired) electrons. The standard InChI is InChI=1S/C16H19ClN2O2S/c1-10(12-4-6-13(17)7-5-12)11(2)19(3)8-15-18-14(9-22-15)16(20)21/h4-7,9-11H,8H2,1-3H3,(H,20,21). The Labute approximate surface area is 139 Å². The topological polar surface area (TPSA) is 53.4 Å². The van der Waals surface area contributed by atoms with Crippen LogP contribution in [-0.4, -0.2) is 34.0 Å². The third kappa shape index (κ3) is 4.06. The molecular formula is C16H19ClN2O2S. The molecule has 0 aliphatic carbocycles. The van der Waals surface area contributed by atoms with Gasteiger partial charge in [0.15, 0.2) is 5.69 Å². The number of benzene rings is 1. The van der Waals surface area contributed by atoms with E-state index < -0.39 is 5.97 Å². The Bertz CT molecular complexity index is 642. The van der Waals surface area contributed by atoms with Gasteiger partial charge in [0.25, 0.3) is 0 Å². The minimum atomic E-state index is -0.979. The minimum absolute atomic E-state index is 0.117. The lowest BCUT2D eigenvalue weighted by atomic mass is 9.93. The van der Waals surface area contributed by atoms with Crippen LogP contribution in [0.1, 0.15) is 40.8 Å². The maximum absolute atomic E-state index is 10.9. The molecule has 1 N–H and O–H groups in total. The summed E-state index contributed by atoms with van der Waals surface area (Å²) in [6, 6.07) is 8.19. The molecule has 1 aromatic heterocycles. The fraction of sp³-hybridized carbons (Fsp3) is 0.375. The van der Waals surface area contributed by atoms with E-state index in [-0.39, 0.29) is 5.69 Å². The van der Waals surface area contributed by atoms with E-state index in [1.54, 1.807) is 5.38 Å². The van der Waals surface area contributed by atoms with Gasteiger partial charge in [-0.1, -0.05) is 30.7 Å². The number of carbonyl (C=O) groups is 1. The number of hydrogen-bond donors (Lipinski definition) is 1. The van der Waals surface area contributed by atoms with Gasteiger partial charge in [0.1, 0.15) is 5.01 Å². The summed E-state index contributed by atoms with van der Waals surface area (Å²) in [5.41, 5.74) is 1.35. The Morgan fingerprint density at radius 2 is 2.00 bits per heavy atom. The number of nitrogens with zero attached hydrogens (tertiary/aromatic N) is 2. The summed E-state index contributed by atoms with van der Waals surface area (Å²) in [5.74, 6) is -0.645. The van der Waals surface area contributed by atoms with E-state index in [0.29, 0.717) is 18.5 Å². The van der Waals surface area contributed by atoms with E-state index in [0.717, 1.165) is 10.0 Å². The molecule has 1 heterocycles. The maximum atomic E-state index is 10.9. The van der Waals surface area contributed by atoms with Crippen LogP contribution in [0.4, 0.5) is 0 Å². The van der Waals surface area contributed by atoms with Gasteiger partial charge in [-0.25, -0.2) is 9.78 Å². The van der Waals surface area contributed by atoms with Crippen molar-refractivity contribution in [3.05, 3.63) is 50.9 Å². The zero-order chi connectivity index (χ0) is 16.3. The van der Waals surface area contributed by atoms with Crippen LogP contribution >= 0.6 is 22.9 Å². The predicted molar refractivity (Wildman–Crippen MR) is 89.9 cm³/mol. The van der Waals surface area contributed by atoms with Crippen molar-refractivity contribution in [3.8, 4) is 0 Å². The largest absolute Gasteiger partial charge is 0.476 e. The Morgan fingerprint density at radius 3 is 2.55 bits per heavy atom. The summed E-state index contributed by atoms with van der Waals surface area (Å²) in [7, 11) is 2.03. The van der Waals surface area contributed by atoms with Crippen LogP contribution in [0, 0.1) is 0 Å². The van der Waals surface area contributed by atoms with Gasteiger partial charge < -0.3 is 5.11 Å². The molecule has 0 aliphatic rings. The first-order chi connectivity index (χ1) is 10.4. The maximum Gasteiger partial charge on any atom is 0.355 e. The summed E-state index contributed by atoms with van der Waals surface area (Å²) in [5, 5.41) is 12.1. The predicted octanol–water partition coefficient (Wildman–Crippen LogP) is 4.12. The summed E-state index contributed by atoms with van der Waals surface area (Å²) in [4.78, 5) is 17.2. The molecule has 6 heteroatoms. The first-order valence-electron chi connectivity index (χ1n) is 7.02. The first kappa shape index (κ1) is 16.9. The summed E-state index contributed by atoms with van der Waals surface area (Å²) >= 11 is 7.31. The molecule has 0 spiro atoms. The quantitative estimate of drug-likeness (QED) is 0.860. The molecule has 4 nitrogen and oxygen atoms in total. The second-order valence-corrected chi connectivity index (χ2v) is 6.81. The van der Waals surface area contributed by atoms with E-state index in [1.165, 1.54) is 16.9 Å². The molecule has 0 bridgehead atoms. The van der Waals surface area contributed by atoms with Gasteiger partial charge in [0.05, 0.1) is 6.54 Å². The number of carboxylic acid groups (broad SMARTS) is 1. The van der Waals surface area contributed by atoms with E-state index in [9.17, 15) is 4.79 Å². The molecule has 0 saturated heterocycles. The molecule has 2 atom stereocenters. The van der Waals surface area contributed by atoms with Crippen LogP contribution in [0.3, 0.4) is 0 Å². The van der Waals surface area contributed by atoms with Crippen molar-refractivity contribution in [3.63, 3.8) is 0 Å². The number of carboxylic acids is 1.